The summed E-state index contributed by atoms with van der Waals surface area (Å²) in [6.07, 6.45) is 3.65. The molecule has 1 fully saturated rings. The van der Waals surface area contributed by atoms with E-state index < -0.39 is 10.0 Å². The van der Waals surface area contributed by atoms with Crippen molar-refractivity contribution in [2.24, 2.45) is 0 Å². The van der Waals surface area contributed by atoms with Crippen LogP contribution in [0.5, 0.6) is 0 Å². The van der Waals surface area contributed by atoms with E-state index in [0.717, 1.165) is 19.6 Å². The van der Waals surface area contributed by atoms with Crippen LogP contribution >= 0.6 is 0 Å². The van der Waals surface area contributed by atoms with Crippen molar-refractivity contribution < 1.29 is 13.2 Å². The van der Waals surface area contributed by atoms with Gasteiger partial charge in [-0.1, -0.05) is 18.6 Å². The molecule has 1 saturated heterocycles. The fourth-order valence-electron chi connectivity index (χ4n) is 2.64. The third-order valence-electron chi connectivity index (χ3n) is 4.13. The molecule has 0 unspecified atom stereocenters. The summed E-state index contributed by atoms with van der Waals surface area (Å²) < 4.78 is 26.5. The Morgan fingerprint density at radius 3 is 2.55 bits per heavy atom. The highest BCUT2D eigenvalue weighted by Crippen LogP contribution is 2.17. The number of rotatable bonds is 6. The highest BCUT2D eigenvalue weighted by atomic mass is 32.2. The lowest BCUT2D eigenvalue weighted by Crippen LogP contribution is -2.38. The molecule has 0 atom stereocenters. The molecular weight excluding hydrogens is 300 g/mol. The van der Waals surface area contributed by atoms with Crippen molar-refractivity contribution in [1.82, 2.24) is 9.21 Å². The van der Waals surface area contributed by atoms with Gasteiger partial charge in [0.1, 0.15) is 0 Å². The van der Waals surface area contributed by atoms with Gasteiger partial charge >= 0.3 is 0 Å². The van der Waals surface area contributed by atoms with E-state index in [2.05, 4.69) is 4.90 Å². The third kappa shape index (κ3) is 4.15. The maximum Gasteiger partial charge on any atom is 0.242 e. The fraction of sp³-hybridized carbons (Fsp3) is 0.562. The van der Waals surface area contributed by atoms with Crippen LogP contribution in [-0.2, 0) is 10.0 Å². The highest BCUT2D eigenvalue weighted by Gasteiger charge is 2.22. The number of sulfonamides is 1. The second-order valence-corrected chi connectivity index (χ2v) is 7.86. The Hall–Kier alpha value is -1.24. The van der Waals surface area contributed by atoms with E-state index >= 15 is 0 Å². The minimum atomic E-state index is -3.54. The van der Waals surface area contributed by atoms with E-state index in [1.165, 1.54) is 36.6 Å². The molecule has 22 heavy (non-hydrogen) atoms. The van der Waals surface area contributed by atoms with Gasteiger partial charge in [0.05, 0.1) is 4.90 Å². The van der Waals surface area contributed by atoms with Crippen LogP contribution in [0.4, 0.5) is 0 Å². The standard InChI is InChI=1S/C16H24N2O3S/c1-14(19)15-7-6-8-16(13-15)22(20,21)17(2)11-12-18-9-4-3-5-10-18/h6-8,13H,3-5,9-12H2,1-2H3. The maximum absolute atomic E-state index is 12.6. The lowest BCUT2D eigenvalue weighted by atomic mass is 10.1. The predicted molar refractivity (Wildman–Crippen MR) is 86.6 cm³/mol. The van der Waals surface area contributed by atoms with E-state index in [9.17, 15) is 13.2 Å². The van der Waals surface area contributed by atoms with Crippen LogP contribution in [0.2, 0.25) is 0 Å². The fourth-order valence-corrected chi connectivity index (χ4v) is 3.85. The van der Waals surface area contributed by atoms with Crippen molar-refractivity contribution in [3.05, 3.63) is 29.8 Å². The van der Waals surface area contributed by atoms with Gasteiger partial charge in [-0.25, -0.2) is 8.42 Å². The first-order valence-electron chi connectivity index (χ1n) is 7.71. The van der Waals surface area contributed by atoms with Crippen molar-refractivity contribution in [1.29, 1.82) is 0 Å². The van der Waals surface area contributed by atoms with Crippen molar-refractivity contribution in [2.75, 3.05) is 33.2 Å². The number of benzene rings is 1. The van der Waals surface area contributed by atoms with E-state index in [4.69, 9.17) is 0 Å². The van der Waals surface area contributed by atoms with Gasteiger partial charge in [-0.2, -0.15) is 4.31 Å². The number of Topliss-reactive ketones (excluding diaryl/α,β-unsaturated/α-hetero) is 1. The van der Waals surface area contributed by atoms with Crippen LogP contribution in [0.25, 0.3) is 0 Å². The number of likely N-dealkylation sites (N-methyl/N-ethyl adjacent to an activating group) is 1. The van der Waals surface area contributed by atoms with Crippen LogP contribution < -0.4 is 0 Å². The van der Waals surface area contributed by atoms with Gasteiger partial charge in [0, 0.05) is 25.7 Å². The Morgan fingerprint density at radius 2 is 1.91 bits per heavy atom. The van der Waals surface area contributed by atoms with Gasteiger partial charge in [0.25, 0.3) is 0 Å². The van der Waals surface area contributed by atoms with Gasteiger partial charge in [-0.3, -0.25) is 4.79 Å². The number of hydrogen-bond acceptors (Lipinski definition) is 4. The number of piperidine rings is 1. The number of likely N-dealkylation sites (tertiary alicyclic amines) is 1. The lowest BCUT2D eigenvalue weighted by Gasteiger charge is -2.28. The molecular formula is C16H24N2O3S. The molecule has 0 bridgehead atoms. The Kier molecular flexibility index (Phi) is 5.72. The summed E-state index contributed by atoms with van der Waals surface area (Å²) in [4.78, 5) is 13.9. The van der Waals surface area contributed by atoms with E-state index in [-0.39, 0.29) is 10.7 Å². The van der Waals surface area contributed by atoms with E-state index in [1.807, 2.05) is 0 Å². The Morgan fingerprint density at radius 1 is 1.23 bits per heavy atom. The van der Waals surface area contributed by atoms with Gasteiger partial charge in [-0.15, -0.1) is 0 Å². The molecule has 0 radical (unpaired) electrons. The van der Waals surface area contributed by atoms with E-state index in [0.29, 0.717) is 12.1 Å². The number of carbonyl (C=O) groups excluding carboxylic acids is 1. The molecule has 0 aromatic heterocycles. The number of nitrogens with zero attached hydrogens (tertiary/aromatic N) is 2. The minimum Gasteiger partial charge on any atom is -0.302 e. The van der Waals surface area contributed by atoms with Crippen molar-refractivity contribution in [3.63, 3.8) is 0 Å². The lowest BCUT2D eigenvalue weighted by molar-refractivity contribution is 0.101. The quantitative estimate of drug-likeness (QED) is 0.751. The van der Waals surface area contributed by atoms with Crippen LogP contribution in [0.15, 0.2) is 29.2 Å². The first-order chi connectivity index (χ1) is 10.4. The average Bonchev–Trinajstić information content (AvgIpc) is 2.53. The molecule has 0 aliphatic carbocycles. The number of ketones is 1. The summed E-state index contributed by atoms with van der Waals surface area (Å²) in [6.45, 7) is 4.75. The molecule has 1 aromatic carbocycles. The van der Waals surface area contributed by atoms with Crippen LogP contribution in [0.1, 0.15) is 36.5 Å². The monoisotopic (exact) mass is 324 g/mol. The Bertz CT molecular complexity index is 622. The smallest absolute Gasteiger partial charge is 0.242 e. The molecule has 1 aromatic rings. The summed E-state index contributed by atoms with van der Waals surface area (Å²) >= 11 is 0. The molecule has 1 heterocycles. The molecule has 1 aliphatic rings. The molecule has 2 rings (SSSR count). The zero-order valence-corrected chi connectivity index (χ0v) is 14.1. The molecule has 5 nitrogen and oxygen atoms in total. The van der Waals surface area contributed by atoms with Crippen LogP contribution in [-0.4, -0.2) is 56.6 Å². The molecule has 0 saturated carbocycles. The molecule has 0 N–H and O–H groups in total. The van der Waals surface area contributed by atoms with Crippen LogP contribution in [0, 0.1) is 0 Å². The number of hydrogen-bond donors (Lipinski definition) is 0. The van der Waals surface area contributed by atoms with Crippen molar-refractivity contribution in [2.45, 2.75) is 31.1 Å². The van der Waals surface area contributed by atoms with Crippen LogP contribution in [0.3, 0.4) is 0 Å². The third-order valence-corrected chi connectivity index (χ3v) is 5.98. The zero-order valence-electron chi connectivity index (χ0n) is 13.3. The average molecular weight is 324 g/mol. The Balaban J connectivity index is 2.05. The van der Waals surface area contributed by atoms with Gasteiger partial charge < -0.3 is 4.90 Å². The second-order valence-electron chi connectivity index (χ2n) is 5.81. The maximum atomic E-state index is 12.6. The summed E-state index contributed by atoms with van der Waals surface area (Å²) in [5.74, 6) is -0.131. The summed E-state index contributed by atoms with van der Waals surface area (Å²) in [7, 11) is -1.94. The van der Waals surface area contributed by atoms with E-state index in [1.54, 1.807) is 25.2 Å². The molecule has 122 valence electrons. The molecule has 0 spiro atoms. The topological polar surface area (TPSA) is 57.7 Å². The summed E-state index contributed by atoms with van der Waals surface area (Å²) in [5.41, 5.74) is 0.422. The number of carbonyl (C=O) groups is 1. The normalized spacial score (nSPS) is 16.9. The summed E-state index contributed by atoms with van der Waals surface area (Å²) in [5, 5.41) is 0. The highest BCUT2D eigenvalue weighted by molar-refractivity contribution is 7.89. The molecule has 6 heteroatoms. The molecule has 0 amide bonds. The molecule has 1 aliphatic heterocycles. The van der Waals surface area contributed by atoms with Gasteiger partial charge in [0.15, 0.2) is 5.78 Å². The zero-order chi connectivity index (χ0) is 16.2. The predicted octanol–water partition coefficient (Wildman–Crippen LogP) is 2.00. The van der Waals surface area contributed by atoms with Gasteiger partial charge in [-0.05, 0) is 45.0 Å². The van der Waals surface area contributed by atoms with Gasteiger partial charge in [0.2, 0.25) is 10.0 Å². The Labute approximate surface area is 133 Å². The second kappa shape index (κ2) is 7.35. The largest absolute Gasteiger partial charge is 0.302 e. The first-order valence-corrected chi connectivity index (χ1v) is 9.15. The SMILES string of the molecule is CC(=O)c1cccc(S(=O)(=O)N(C)CCN2CCCCC2)c1. The van der Waals surface area contributed by atoms with Crippen molar-refractivity contribution >= 4 is 15.8 Å². The minimum absolute atomic E-state index is 0.131. The van der Waals surface area contributed by atoms with Crippen molar-refractivity contribution in [3.8, 4) is 0 Å². The summed E-state index contributed by atoms with van der Waals surface area (Å²) in [6, 6.07) is 6.24. The first kappa shape index (κ1) is 17.1.